The van der Waals surface area contributed by atoms with Crippen molar-refractivity contribution >= 4 is 29.0 Å². The number of hydrogen-bond donors (Lipinski definition) is 3. The largest absolute Gasteiger partial charge is 0.399 e. The van der Waals surface area contributed by atoms with E-state index in [0.717, 1.165) is 0 Å². The predicted octanol–water partition coefficient (Wildman–Crippen LogP) is 1.85. The smallest absolute Gasteiger partial charge is 0.237 e. The van der Waals surface area contributed by atoms with Crippen molar-refractivity contribution < 1.29 is 14.3 Å². The van der Waals surface area contributed by atoms with Crippen molar-refractivity contribution in [2.45, 2.75) is 24.3 Å². The molecule has 1 aromatic carbocycles. The molecule has 0 heterocycles. The van der Waals surface area contributed by atoms with Crippen molar-refractivity contribution in [2.24, 2.45) is 0 Å². The second-order valence-electron chi connectivity index (χ2n) is 4.00. The van der Waals surface area contributed by atoms with Crippen LogP contribution in [0.2, 0.25) is 0 Å². The maximum atomic E-state index is 13.4. The molecule has 0 saturated heterocycles. The number of hydrogen-bond acceptors (Lipinski definition) is 4. The van der Waals surface area contributed by atoms with Crippen LogP contribution >= 0.6 is 11.8 Å². The number of aliphatic hydroxyl groups excluding tert-OH is 1. The molecule has 0 spiro atoms. The lowest BCUT2D eigenvalue weighted by Crippen LogP contribution is -2.25. The third-order valence-electron chi connectivity index (χ3n) is 2.31. The summed E-state index contributed by atoms with van der Waals surface area (Å²) in [5, 5.41) is 11.0. The average molecular weight is 272 g/mol. The quantitative estimate of drug-likeness (QED) is 0.715. The number of carbonyl (C=O) groups is 1. The maximum Gasteiger partial charge on any atom is 0.237 e. The Morgan fingerprint density at radius 1 is 1.56 bits per heavy atom. The first-order chi connectivity index (χ1) is 8.43. The van der Waals surface area contributed by atoms with Gasteiger partial charge in [-0.2, -0.15) is 0 Å². The van der Waals surface area contributed by atoms with Crippen LogP contribution in [0.3, 0.4) is 0 Å². The Hall–Kier alpha value is -1.27. The van der Waals surface area contributed by atoms with Crippen LogP contribution in [0.1, 0.15) is 13.8 Å². The van der Waals surface area contributed by atoms with Crippen LogP contribution in [-0.2, 0) is 4.79 Å². The van der Waals surface area contributed by atoms with E-state index >= 15 is 0 Å². The third-order valence-corrected chi connectivity index (χ3v) is 3.55. The van der Waals surface area contributed by atoms with Crippen molar-refractivity contribution in [3.8, 4) is 0 Å². The molecule has 4 N–H and O–H groups in total. The Labute approximate surface area is 110 Å². The topological polar surface area (TPSA) is 75.3 Å². The van der Waals surface area contributed by atoms with Crippen LogP contribution in [0.15, 0.2) is 18.2 Å². The third kappa shape index (κ3) is 4.19. The monoisotopic (exact) mass is 272 g/mol. The van der Waals surface area contributed by atoms with E-state index in [1.807, 2.05) is 6.92 Å². The van der Waals surface area contributed by atoms with Gasteiger partial charge in [0.2, 0.25) is 5.91 Å². The van der Waals surface area contributed by atoms with Gasteiger partial charge in [-0.3, -0.25) is 4.79 Å². The van der Waals surface area contributed by atoms with Crippen LogP contribution < -0.4 is 11.1 Å². The number of rotatable bonds is 5. The van der Waals surface area contributed by atoms with Gasteiger partial charge >= 0.3 is 0 Å². The Morgan fingerprint density at radius 2 is 2.22 bits per heavy atom. The number of nitrogens with two attached hydrogens (primary N) is 1. The molecule has 0 bridgehead atoms. The summed E-state index contributed by atoms with van der Waals surface area (Å²) in [7, 11) is 0. The van der Waals surface area contributed by atoms with Crippen LogP contribution in [0.4, 0.5) is 15.8 Å². The summed E-state index contributed by atoms with van der Waals surface area (Å²) in [4.78, 5) is 11.8. The number of benzene rings is 1. The number of aliphatic hydroxyl groups is 1. The molecule has 0 radical (unpaired) electrons. The maximum absolute atomic E-state index is 13.4. The lowest BCUT2D eigenvalue weighted by Gasteiger charge is -2.15. The first-order valence-corrected chi connectivity index (χ1v) is 6.50. The van der Waals surface area contributed by atoms with Crippen molar-refractivity contribution in [1.29, 1.82) is 0 Å². The molecule has 18 heavy (non-hydrogen) atoms. The Morgan fingerprint density at radius 3 is 2.83 bits per heavy atom. The van der Waals surface area contributed by atoms with Crippen molar-refractivity contribution in [2.75, 3.05) is 17.7 Å². The minimum atomic E-state index is -0.523. The van der Waals surface area contributed by atoms with E-state index in [1.54, 1.807) is 6.92 Å². The fourth-order valence-electron chi connectivity index (χ4n) is 1.33. The fourth-order valence-corrected chi connectivity index (χ4v) is 2.29. The first kappa shape index (κ1) is 14.8. The zero-order valence-corrected chi connectivity index (χ0v) is 11.1. The molecular formula is C12H17FN2O2S. The molecule has 1 rings (SSSR count). The number of thioether (sulfide) groups is 1. The van der Waals surface area contributed by atoms with Gasteiger partial charge in [-0.25, -0.2) is 4.39 Å². The zero-order valence-electron chi connectivity index (χ0n) is 10.3. The number of nitrogen functional groups attached to an aromatic ring is 1. The van der Waals surface area contributed by atoms with E-state index in [2.05, 4.69) is 5.32 Å². The highest BCUT2D eigenvalue weighted by Gasteiger charge is 2.17. The van der Waals surface area contributed by atoms with E-state index in [9.17, 15) is 9.18 Å². The standard InChI is InChI=1S/C12H17FN2O2S/c1-7(6-16)18-8(2)12(17)15-11-5-9(14)3-4-10(11)13/h3-5,7-8,16H,6,14H2,1-2H3,(H,15,17). The van der Waals surface area contributed by atoms with E-state index in [1.165, 1.54) is 30.0 Å². The SMILES string of the molecule is CC(CO)SC(C)C(=O)Nc1cc(N)ccc1F. The number of amides is 1. The summed E-state index contributed by atoms with van der Waals surface area (Å²) in [6, 6.07) is 4.01. The Balaban J connectivity index is 2.66. The zero-order chi connectivity index (χ0) is 13.7. The second kappa shape index (κ2) is 6.61. The highest BCUT2D eigenvalue weighted by Crippen LogP contribution is 2.21. The first-order valence-electron chi connectivity index (χ1n) is 5.56. The summed E-state index contributed by atoms with van der Waals surface area (Å²) in [5.74, 6) is -0.838. The average Bonchev–Trinajstić information content (AvgIpc) is 2.33. The summed E-state index contributed by atoms with van der Waals surface area (Å²) in [6.07, 6.45) is 0. The van der Waals surface area contributed by atoms with Crippen LogP contribution in [0.5, 0.6) is 0 Å². The van der Waals surface area contributed by atoms with Crippen LogP contribution in [0, 0.1) is 5.82 Å². The van der Waals surface area contributed by atoms with Crippen molar-refractivity contribution in [3.63, 3.8) is 0 Å². The second-order valence-corrected chi connectivity index (χ2v) is 5.78. The highest BCUT2D eigenvalue weighted by atomic mass is 32.2. The number of anilines is 2. The molecule has 100 valence electrons. The molecule has 0 aromatic heterocycles. The highest BCUT2D eigenvalue weighted by molar-refractivity contribution is 8.01. The molecule has 0 aliphatic heterocycles. The molecule has 2 atom stereocenters. The fraction of sp³-hybridized carbons (Fsp3) is 0.417. The van der Waals surface area contributed by atoms with E-state index in [-0.39, 0.29) is 28.7 Å². The van der Waals surface area contributed by atoms with Gasteiger partial charge in [-0.05, 0) is 25.1 Å². The molecule has 1 amide bonds. The van der Waals surface area contributed by atoms with E-state index in [0.29, 0.717) is 5.69 Å². The lowest BCUT2D eigenvalue weighted by molar-refractivity contribution is -0.115. The van der Waals surface area contributed by atoms with Gasteiger partial charge in [0.05, 0.1) is 17.5 Å². The minimum Gasteiger partial charge on any atom is -0.399 e. The summed E-state index contributed by atoms with van der Waals surface area (Å²) in [6.45, 7) is 3.51. The summed E-state index contributed by atoms with van der Waals surface area (Å²) >= 11 is 1.32. The molecule has 0 saturated carbocycles. The normalized spacial score (nSPS) is 14.0. The van der Waals surface area contributed by atoms with E-state index in [4.69, 9.17) is 10.8 Å². The van der Waals surface area contributed by atoms with Crippen LogP contribution in [0.25, 0.3) is 0 Å². The summed E-state index contributed by atoms with van der Waals surface area (Å²) in [5.41, 5.74) is 5.98. The molecule has 6 heteroatoms. The van der Waals surface area contributed by atoms with Gasteiger partial charge in [0.15, 0.2) is 0 Å². The van der Waals surface area contributed by atoms with Gasteiger partial charge in [-0.15, -0.1) is 11.8 Å². The molecule has 0 aliphatic rings. The van der Waals surface area contributed by atoms with Crippen molar-refractivity contribution in [1.82, 2.24) is 0 Å². The molecule has 1 aromatic rings. The van der Waals surface area contributed by atoms with Crippen LogP contribution in [-0.4, -0.2) is 28.1 Å². The summed E-state index contributed by atoms with van der Waals surface area (Å²) < 4.78 is 13.4. The van der Waals surface area contributed by atoms with Gasteiger partial charge in [-0.1, -0.05) is 6.92 Å². The van der Waals surface area contributed by atoms with Gasteiger partial charge in [0.1, 0.15) is 5.82 Å². The van der Waals surface area contributed by atoms with Gasteiger partial charge in [0, 0.05) is 10.9 Å². The van der Waals surface area contributed by atoms with Gasteiger partial charge in [0.25, 0.3) is 0 Å². The minimum absolute atomic E-state index is 0.00503. The molecule has 0 aliphatic carbocycles. The molecular weight excluding hydrogens is 255 g/mol. The number of nitrogens with one attached hydrogen (secondary N) is 1. The lowest BCUT2D eigenvalue weighted by atomic mass is 10.2. The molecule has 2 unspecified atom stereocenters. The molecule has 4 nitrogen and oxygen atoms in total. The number of carbonyl (C=O) groups excluding carboxylic acids is 1. The Kier molecular flexibility index (Phi) is 5.43. The Bertz CT molecular complexity index is 429. The molecule has 0 fully saturated rings. The van der Waals surface area contributed by atoms with Crippen molar-refractivity contribution in [3.05, 3.63) is 24.0 Å². The predicted molar refractivity (Wildman–Crippen MR) is 73.0 cm³/mol. The van der Waals surface area contributed by atoms with E-state index < -0.39 is 5.82 Å². The number of halogens is 1. The van der Waals surface area contributed by atoms with Gasteiger partial charge < -0.3 is 16.2 Å².